The van der Waals surface area contributed by atoms with Crippen LogP contribution in [0.3, 0.4) is 0 Å². The molecule has 0 aliphatic heterocycles. The number of hydrogen-bond acceptors (Lipinski definition) is 4. The van der Waals surface area contributed by atoms with Crippen LogP contribution in [0.15, 0.2) is 42.5 Å². The molecule has 1 atom stereocenters. The van der Waals surface area contributed by atoms with Crippen LogP contribution in [-0.4, -0.2) is 15.9 Å². The second-order valence-corrected chi connectivity index (χ2v) is 5.01. The van der Waals surface area contributed by atoms with Gasteiger partial charge >= 0.3 is 0 Å². The number of carbonyl (C=O) groups excluding carboxylic acids is 1. The molecule has 0 radical (unpaired) electrons. The lowest BCUT2D eigenvalue weighted by atomic mass is 10.1. The Morgan fingerprint density at radius 2 is 1.86 bits per heavy atom. The average molecular weight is 300 g/mol. The van der Waals surface area contributed by atoms with E-state index < -0.39 is 16.9 Å². The first-order chi connectivity index (χ1) is 10.4. The largest absolute Gasteiger partial charge is 0.389 e. The summed E-state index contributed by atoms with van der Waals surface area (Å²) in [6.45, 7) is 3.27. The number of nitro benzene ring substituents is 1. The Morgan fingerprint density at radius 3 is 2.41 bits per heavy atom. The third-order valence-electron chi connectivity index (χ3n) is 3.32. The third kappa shape index (κ3) is 3.48. The van der Waals surface area contributed by atoms with Crippen molar-refractivity contribution in [1.82, 2.24) is 0 Å². The van der Waals surface area contributed by atoms with E-state index in [-0.39, 0.29) is 11.3 Å². The summed E-state index contributed by atoms with van der Waals surface area (Å²) >= 11 is 0. The predicted octanol–water partition coefficient (Wildman–Crippen LogP) is 3.21. The highest BCUT2D eigenvalue weighted by Gasteiger charge is 2.15. The predicted molar refractivity (Wildman–Crippen MR) is 82.9 cm³/mol. The van der Waals surface area contributed by atoms with Crippen molar-refractivity contribution >= 4 is 17.3 Å². The van der Waals surface area contributed by atoms with Gasteiger partial charge in [-0.15, -0.1) is 0 Å². The van der Waals surface area contributed by atoms with Crippen LogP contribution >= 0.6 is 0 Å². The van der Waals surface area contributed by atoms with Gasteiger partial charge in [-0.05, 0) is 37.6 Å². The number of aliphatic hydroxyl groups is 1. The number of aliphatic hydroxyl groups excluding tert-OH is 1. The zero-order valence-corrected chi connectivity index (χ0v) is 12.2. The van der Waals surface area contributed by atoms with E-state index in [0.717, 1.165) is 5.56 Å². The van der Waals surface area contributed by atoms with E-state index in [0.29, 0.717) is 11.3 Å². The van der Waals surface area contributed by atoms with Crippen LogP contribution in [0.5, 0.6) is 0 Å². The van der Waals surface area contributed by atoms with E-state index in [1.165, 1.54) is 6.07 Å². The maximum Gasteiger partial charge on any atom is 0.273 e. The number of carbonyl (C=O) groups is 1. The minimum Gasteiger partial charge on any atom is -0.389 e. The molecule has 0 spiro atoms. The summed E-state index contributed by atoms with van der Waals surface area (Å²) < 4.78 is 0. The van der Waals surface area contributed by atoms with Crippen molar-refractivity contribution in [1.29, 1.82) is 0 Å². The Kier molecular flexibility index (Phi) is 4.53. The molecule has 0 heterocycles. The molecule has 0 saturated carbocycles. The Balaban J connectivity index is 2.18. The van der Waals surface area contributed by atoms with Gasteiger partial charge in [-0.2, -0.15) is 0 Å². The van der Waals surface area contributed by atoms with Crippen molar-refractivity contribution in [3.8, 4) is 0 Å². The molecule has 6 nitrogen and oxygen atoms in total. The van der Waals surface area contributed by atoms with Crippen molar-refractivity contribution in [3.63, 3.8) is 0 Å². The Bertz CT molecular complexity index is 709. The van der Waals surface area contributed by atoms with Crippen LogP contribution in [0.2, 0.25) is 0 Å². The lowest BCUT2D eigenvalue weighted by Crippen LogP contribution is -2.12. The number of amides is 1. The summed E-state index contributed by atoms with van der Waals surface area (Å²) in [5, 5.41) is 23.0. The van der Waals surface area contributed by atoms with E-state index in [1.54, 1.807) is 50.2 Å². The molecule has 2 aromatic rings. The molecular formula is C16H16N2O4. The molecule has 0 aromatic heterocycles. The van der Waals surface area contributed by atoms with E-state index in [1.807, 2.05) is 0 Å². The number of nitrogens with zero attached hydrogens (tertiary/aromatic N) is 1. The second-order valence-electron chi connectivity index (χ2n) is 5.01. The van der Waals surface area contributed by atoms with Crippen LogP contribution in [0, 0.1) is 17.0 Å². The molecule has 2 rings (SSSR count). The lowest BCUT2D eigenvalue weighted by Gasteiger charge is -2.08. The van der Waals surface area contributed by atoms with Gasteiger partial charge in [-0.25, -0.2) is 0 Å². The summed E-state index contributed by atoms with van der Waals surface area (Å²) in [5.41, 5.74) is 1.93. The molecule has 0 unspecified atom stereocenters. The number of hydrogen-bond donors (Lipinski definition) is 2. The van der Waals surface area contributed by atoms with Crippen molar-refractivity contribution in [3.05, 3.63) is 69.3 Å². The fourth-order valence-electron chi connectivity index (χ4n) is 2.00. The zero-order valence-electron chi connectivity index (χ0n) is 12.2. The topological polar surface area (TPSA) is 92.5 Å². The van der Waals surface area contributed by atoms with Gasteiger partial charge in [0.25, 0.3) is 11.6 Å². The summed E-state index contributed by atoms with van der Waals surface area (Å²) in [5.74, 6) is -0.423. The molecular weight excluding hydrogens is 284 g/mol. The molecule has 2 N–H and O–H groups in total. The smallest absolute Gasteiger partial charge is 0.273 e. The van der Waals surface area contributed by atoms with Crippen LogP contribution in [-0.2, 0) is 0 Å². The Hall–Kier alpha value is -2.73. The molecule has 0 saturated heterocycles. The molecule has 22 heavy (non-hydrogen) atoms. The van der Waals surface area contributed by atoms with Crippen molar-refractivity contribution in [2.24, 2.45) is 0 Å². The Labute approximate surface area is 127 Å². The van der Waals surface area contributed by atoms with E-state index in [9.17, 15) is 20.0 Å². The highest BCUT2D eigenvalue weighted by molar-refractivity contribution is 6.04. The third-order valence-corrected chi connectivity index (χ3v) is 3.32. The van der Waals surface area contributed by atoms with E-state index >= 15 is 0 Å². The summed E-state index contributed by atoms with van der Waals surface area (Å²) in [6, 6.07) is 11.1. The molecule has 0 bridgehead atoms. The van der Waals surface area contributed by atoms with Gasteiger partial charge in [0.1, 0.15) is 0 Å². The summed E-state index contributed by atoms with van der Waals surface area (Å²) in [4.78, 5) is 22.5. The van der Waals surface area contributed by atoms with Gasteiger partial charge in [0.15, 0.2) is 0 Å². The zero-order chi connectivity index (χ0) is 16.3. The average Bonchev–Trinajstić information content (AvgIpc) is 2.47. The van der Waals surface area contributed by atoms with Crippen LogP contribution < -0.4 is 5.32 Å². The number of rotatable bonds is 4. The molecule has 1 amide bonds. The molecule has 0 aliphatic carbocycles. The second kappa shape index (κ2) is 6.36. The summed E-state index contributed by atoms with van der Waals surface area (Å²) in [7, 11) is 0. The fraction of sp³-hybridized carbons (Fsp3) is 0.188. The maximum atomic E-state index is 12.1. The number of anilines is 1. The SMILES string of the molecule is Cc1ccc(C(=O)Nc2ccc([C@H](C)O)cc2)cc1[N+](=O)[O-]. The Morgan fingerprint density at radius 1 is 1.23 bits per heavy atom. The van der Waals surface area contributed by atoms with Gasteiger partial charge in [-0.1, -0.05) is 18.2 Å². The minimum absolute atomic E-state index is 0.0860. The van der Waals surface area contributed by atoms with Gasteiger partial charge in [-0.3, -0.25) is 14.9 Å². The number of nitrogens with one attached hydrogen (secondary N) is 1. The molecule has 0 aliphatic rings. The first-order valence-electron chi connectivity index (χ1n) is 6.73. The number of aryl methyl sites for hydroxylation is 1. The molecule has 6 heteroatoms. The van der Waals surface area contributed by atoms with Gasteiger partial charge in [0, 0.05) is 22.9 Å². The minimum atomic E-state index is -0.579. The fourth-order valence-corrected chi connectivity index (χ4v) is 2.00. The molecule has 2 aromatic carbocycles. The highest BCUT2D eigenvalue weighted by atomic mass is 16.6. The van der Waals surface area contributed by atoms with E-state index in [4.69, 9.17) is 0 Å². The monoisotopic (exact) mass is 300 g/mol. The quantitative estimate of drug-likeness (QED) is 0.670. The van der Waals surface area contributed by atoms with Crippen molar-refractivity contribution in [2.75, 3.05) is 5.32 Å². The first kappa shape index (κ1) is 15.7. The standard InChI is InChI=1S/C16H16N2O4/c1-10-3-4-13(9-15(10)18(21)22)16(20)17-14-7-5-12(6-8-14)11(2)19/h3-9,11,19H,1-2H3,(H,17,20)/t11-/m0/s1. The van der Waals surface area contributed by atoms with Crippen molar-refractivity contribution in [2.45, 2.75) is 20.0 Å². The molecule has 114 valence electrons. The molecule has 0 fully saturated rings. The van der Waals surface area contributed by atoms with Gasteiger partial charge in [0.2, 0.25) is 0 Å². The number of nitro groups is 1. The van der Waals surface area contributed by atoms with Gasteiger partial charge in [0.05, 0.1) is 11.0 Å². The van der Waals surface area contributed by atoms with Crippen molar-refractivity contribution < 1.29 is 14.8 Å². The van der Waals surface area contributed by atoms with Crippen LogP contribution in [0.1, 0.15) is 34.5 Å². The normalized spacial score (nSPS) is 11.8. The van der Waals surface area contributed by atoms with Gasteiger partial charge < -0.3 is 10.4 Å². The summed E-state index contributed by atoms with van der Waals surface area (Å²) in [6.07, 6.45) is -0.579. The highest BCUT2D eigenvalue weighted by Crippen LogP contribution is 2.21. The van der Waals surface area contributed by atoms with E-state index in [2.05, 4.69) is 5.32 Å². The van der Waals surface area contributed by atoms with Crippen LogP contribution in [0.25, 0.3) is 0 Å². The lowest BCUT2D eigenvalue weighted by molar-refractivity contribution is -0.385. The van der Waals surface area contributed by atoms with Crippen LogP contribution in [0.4, 0.5) is 11.4 Å². The first-order valence-corrected chi connectivity index (χ1v) is 6.73. The maximum absolute atomic E-state index is 12.1. The number of benzene rings is 2.